The molecule has 33 heavy (non-hydrogen) atoms. The Morgan fingerprint density at radius 3 is 1.70 bits per heavy atom. The minimum Gasteiger partial charge on any atom is -0.414 e. The van der Waals surface area contributed by atoms with Gasteiger partial charge in [-0.1, -0.05) is 59.2 Å². The van der Waals surface area contributed by atoms with Crippen molar-refractivity contribution in [2.45, 2.75) is 128 Å². The summed E-state index contributed by atoms with van der Waals surface area (Å²) in [6.45, 7) is 28.1. The Labute approximate surface area is 206 Å². The zero-order chi connectivity index (χ0) is 26.0. The van der Waals surface area contributed by atoms with Crippen LogP contribution in [0.1, 0.15) is 67.4 Å². The molecule has 0 heterocycles. The number of hydrogen-bond acceptors (Lipinski definition) is 4. The molecule has 192 valence electrons. The third kappa shape index (κ3) is 8.58. The SMILES string of the molecule is Cc1ccc(S(=O)(=O)N[C@H](C)[C@H](C[C@@H](C)O[Si](C)(C)C(C)(C)C)O[Si](C)(C)C(C)(C)C)cc1. The van der Waals surface area contributed by atoms with Crippen LogP contribution >= 0.6 is 0 Å². The van der Waals surface area contributed by atoms with Crippen molar-refractivity contribution < 1.29 is 17.3 Å². The van der Waals surface area contributed by atoms with Crippen LogP contribution in [0.3, 0.4) is 0 Å². The van der Waals surface area contributed by atoms with E-state index in [0.717, 1.165) is 5.56 Å². The van der Waals surface area contributed by atoms with Gasteiger partial charge in [-0.05, 0) is 75.6 Å². The predicted octanol–water partition coefficient (Wildman–Crippen LogP) is 6.85. The largest absolute Gasteiger partial charge is 0.414 e. The second kappa shape index (κ2) is 10.6. The number of nitrogens with one attached hydrogen (secondary N) is 1. The number of benzene rings is 1. The van der Waals surface area contributed by atoms with Crippen molar-refractivity contribution in [3.05, 3.63) is 29.8 Å². The number of rotatable bonds is 10. The molecule has 0 aliphatic heterocycles. The molecule has 0 unspecified atom stereocenters. The molecule has 0 spiro atoms. The second-order valence-electron chi connectivity index (χ2n) is 12.6. The molecule has 3 atom stereocenters. The molecule has 5 nitrogen and oxygen atoms in total. The Hall–Kier alpha value is -0.516. The minimum atomic E-state index is -3.65. The molecule has 0 aliphatic rings. The average molecular weight is 516 g/mol. The molecule has 1 aromatic rings. The Morgan fingerprint density at radius 2 is 1.27 bits per heavy atom. The van der Waals surface area contributed by atoms with Crippen molar-refractivity contribution in [1.82, 2.24) is 4.72 Å². The lowest BCUT2D eigenvalue weighted by atomic mass is 10.1. The summed E-state index contributed by atoms with van der Waals surface area (Å²) in [6.07, 6.45) is 0.314. The predicted molar refractivity (Wildman–Crippen MR) is 145 cm³/mol. The highest BCUT2D eigenvalue weighted by Crippen LogP contribution is 2.40. The third-order valence-corrected chi connectivity index (χ3v) is 18.0. The van der Waals surface area contributed by atoms with E-state index in [1.807, 2.05) is 26.0 Å². The standard InChI is InChI=1S/C25H49NO4SSi2/c1-19-14-16-22(17-15-19)31(27,28)26-21(3)23(30-33(12,13)25(7,8)9)18-20(2)29-32(10,11)24(4,5)6/h14-17,20-21,23,26H,18H2,1-13H3/t20-,21-,23+/m1/s1. The smallest absolute Gasteiger partial charge is 0.240 e. The molecule has 1 rings (SSSR count). The number of aryl methyl sites for hydroxylation is 1. The lowest BCUT2D eigenvalue weighted by Crippen LogP contribution is -2.52. The molecule has 0 aromatic heterocycles. The van der Waals surface area contributed by atoms with Gasteiger partial charge in [-0.2, -0.15) is 0 Å². The normalized spacial score (nSPS) is 17.0. The van der Waals surface area contributed by atoms with Crippen LogP contribution in [0, 0.1) is 6.92 Å². The highest BCUT2D eigenvalue weighted by atomic mass is 32.2. The van der Waals surface area contributed by atoms with E-state index in [2.05, 4.69) is 79.4 Å². The molecule has 0 fully saturated rings. The van der Waals surface area contributed by atoms with E-state index < -0.39 is 32.7 Å². The summed E-state index contributed by atoms with van der Waals surface area (Å²) in [5, 5.41) is 0.125. The van der Waals surface area contributed by atoms with Gasteiger partial charge in [0.15, 0.2) is 16.6 Å². The summed E-state index contributed by atoms with van der Waals surface area (Å²) in [4.78, 5) is 0.275. The summed E-state index contributed by atoms with van der Waals surface area (Å²) in [5.41, 5.74) is 1.03. The summed E-state index contributed by atoms with van der Waals surface area (Å²) >= 11 is 0. The number of hydrogen-bond donors (Lipinski definition) is 1. The van der Waals surface area contributed by atoms with Gasteiger partial charge in [0.25, 0.3) is 0 Å². The van der Waals surface area contributed by atoms with Crippen molar-refractivity contribution in [1.29, 1.82) is 0 Å². The van der Waals surface area contributed by atoms with E-state index in [1.165, 1.54) is 0 Å². The summed E-state index contributed by atoms with van der Waals surface area (Å²) in [7, 11) is -7.74. The van der Waals surface area contributed by atoms with Gasteiger partial charge in [-0.15, -0.1) is 0 Å². The number of sulfonamides is 1. The second-order valence-corrected chi connectivity index (χ2v) is 23.8. The molecule has 8 heteroatoms. The fourth-order valence-corrected chi connectivity index (χ4v) is 7.21. The van der Waals surface area contributed by atoms with E-state index in [1.54, 1.807) is 12.1 Å². The van der Waals surface area contributed by atoms with Gasteiger partial charge < -0.3 is 8.85 Å². The van der Waals surface area contributed by atoms with Crippen molar-refractivity contribution in [2.24, 2.45) is 0 Å². The van der Waals surface area contributed by atoms with Crippen LogP contribution in [0.15, 0.2) is 29.2 Å². The van der Waals surface area contributed by atoms with Gasteiger partial charge in [0.05, 0.1) is 11.0 Å². The fraction of sp³-hybridized carbons (Fsp3) is 0.760. The summed E-state index contributed by atoms with van der Waals surface area (Å²) in [6, 6.07) is 6.54. The molecular weight excluding hydrogens is 467 g/mol. The van der Waals surface area contributed by atoms with Crippen molar-refractivity contribution in [3.63, 3.8) is 0 Å². The van der Waals surface area contributed by atoms with E-state index >= 15 is 0 Å². The maximum atomic E-state index is 13.1. The van der Waals surface area contributed by atoms with Gasteiger partial charge in [0, 0.05) is 12.1 Å². The highest BCUT2D eigenvalue weighted by Gasteiger charge is 2.43. The first-order chi connectivity index (χ1) is 14.6. The van der Waals surface area contributed by atoms with Crippen molar-refractivity contribution in [3.8, 4) is 0 Å². The first kappa shape index (κ1) is 30.5. The van der Waals surface area contributed by atoms with Crippen LogP contribution in [0.25, 0.3) is 0 Å². The minimum absolute atomic E-state index is 0.0182. The van der Waals surface area contributed by atoms with Gasteiger partial charge in [0.1, 0.15) is 0 Å². The maximum absolute atomic E-state index is 13.1. The van der Waals surface area contributed by atoms with Gasteiger partial charge in [-0.25, -0.2) is 13.1 Å². The van der Waals surface area contributed by atoms with Crippen LogP contribution in [0.5, 0.6) is 0 Å². The van der Waals surface area contributed by atoms with Crippen LogP contribution in [-0.4, -0.2) is 43.3 Å². The van der Waals surface area contributed by atoms with E-state index in [9.17, 15) is 8.42 Å². The molecule has 0 amide bonds. The van der Waals surface area contributed by atoms with Crippen LogP contribution in [-0.2, 0) is 18.9 Å². The molecular formula is C25H49NO4SSi2. The van der Waals surface area contributed by atoms with Crippen molar-refractivity contribution in [2.75, 3.05) is 0 Å². The topological polar surface area (TPSA) is 64.6 Å². The Kier molecular flexibility index (Phi) is 9.82. The van der Waals surface area contributed by atoms with Crippen LogP contribution in [0.2, 0.25) is 36.3 Å². The molecule has 1 N–H and O–H groups in total. The highest BCUT2D eigenvalue weighted by molar-refractivity contribution is 7.89. The molecule has 1 aromatic carbocycles. The zero-order valence-electron chi connectivity index (χ0n) is 23.3. The fourth-order valence-electron chi connectivity index (χ4n) is 3.07. The maximum Gasteiger partial charge on any atom is 0.240 e. The summed E-state index contributed by atoms with van der Waals surface area (Å²) < 4.78 is 42.5. The Bertz CT molecular complexity index is 869. The molecule has 0 radical (unpaired) electrons. The van der Waals surface area contributed by atoms with E-state index in [-0.39, 0.29) is 27.2 Å². The van der Waals surface area contributed by atoms with Gasteiger partial charge >= 0.3 is 0 Å². The van der Waals surface area contributed by atoms with Gasteiger partial charge in [-0.3, -0.25) is 0 Å². The summed E-state index contributed by atoms with van der Waals surface area (Å²) in [5.74, 6) is 0. The van der Waals surface area contributed by atoms with Crippen LogP contribution < -0.4 is 4.72 Å². The Balaban J connectivity index is 3.17. The Morgan fingerprint density at radius 1 is 0.848 bits per heavy atom. The average Bonchev–Trinajstić information content (AvgIpc) is 2.58. The van der Waals surface area contributed by atoms with Crippen molar-refractivity contribution >= 4 is 26.7 Å². The van der Waals surface area contributed by atoms with Crippen LogP contribution in [0.4, 0.5) is 0 Å². The molecule has 0 saturated carbocycles. The lowest BCUT2D eigenvalue weighted by molar-refractivity contribution is 0.0848. The molecule has 0 bridgehead atoms. The molecule has 0 aliphatic carbocycles. The molecule has 0 saturated heterocycles. The lowest BCUT2D eigenvalue weighted by Gasteiger charge is -2.43. The zero-order valence-corrected chi connectivity index (χ0v) is 26.1. The first-order valence-electron chi connectivity index (χ1n) is 12.0. The van der Waals surface area contributed by atoms with E-state index in [0.29, 0.717) is 6.42 Å². The monoisotopic (exact) mass is 515 g/mol. The first-order valence-corrected chi connectivity index (χ1v) is 19.3. The van der Waals surface area contributed by atoms with Gasteiger partial charge in [0.2, 0.25) is 10.0 Å². The third-order valence-electron chi connectivity index (χ3n) is 7.35. The quantitative estimate of drug-likeness (QED) is 0.346. The van der Waals surface area contributed by atoms with E-state index in [4.69, 9.17) is 8.85 Å².